The lowest BCUT2D eigenvalue weighted by atomic mass is 10.1. The van der Waals surface area contributed by atoms with Gasteiger partial charge in [0.2, 0.25) is 0 Å². The maximum atomic E-state index is 12.5. The van der Waals surface area contributed by atoms with Crippen LogP contribution >= 0.6 is 0 Å². The van der Waals surface area contributed by atoms with Crippen molar-refractivity contribution in [1.29, 1.82) is 0 Å². The third-order valence-electron chi connectivity index (χ3n) is 2.87. The maximum Gasteiger partial charge on any atom is 0.416 e. The summed E-state index contributed by atoms with van der Waals surface area (Å²) in [6.45, 7) is 1.48. The Hall–Kier alpha value is -1.82. The zero-order valence-electron chi connectivity index (χ0n) is 10.7. The fraction of sp³-hybridized carbons (Fsp3) is 0.357. The average Bonchev–Trinajstić information content (AvgIpc) is 2.39. The summed E-state index contributed by atoms with van der Waals surface area (Å²) in [7, 11) is 0. The molecular formula is C14H14F3NO2. The van der Waals surface area contributed by atoms with Crippen molar-refractivity contribution in [3.8, 4) is 5.75 Å². The molecule has 0 amide bonds. The van der Waals surface area contributed by atoms with Crippen molar-refractivity contribution in [3.63, 3.8) is 0 Å². The summed E-state index contributed by atoms with van der Waals surface area (Å²) >= 11 is 0. The van der Waals surface area contributed by atoms with E-state index in [-0.39, 0.29) is 12.2 Å². The van der Waals surface area contributed by atoms with E-state index in [1.807, 2.05) is 6.08 Å². The Morgan fingerprint density at radius 3 is 2.80 bits per heavy atom. The van der Waals surface area contributed by atoms with E-state index >= 15 is 0 Å². The highest BCUT2D eigenvalue weighted by Crippen LogP contribution is 2.31. The molecule has 1 aliphatic rings. The first-order valence-electron chi connectivity index (χ1n) is 6.22. The molecule has 0 bridgehead atoms. The molecule has 0 aliphatic carbocycles. The first-order chi connectivity index (χ1) is 9.45. The van der Waals surface area contributed by atoms with Gasteiger partial charge >= 0.3 is 12.1 Å². The lowest BCUT2D eigenvalue weighted by Crippen LogP contribution is -2.24. The molecule has 0 unspecified atom stereocenters. The molecule has 1 heterocycles. The summed E-state index contributed by atoms with van der Waals surface area (Å²) in [6.07, 6.45) is -1.57. The number of rotatable bonds is 3. The van der Waals surface area contributed by atoms with Crippen molar-refractivity contribution in [1.82, 2.24) is 5.32 Å². The Balaban J connectivity index is 1.99. The van der Waals surface area contributed by atoms with Crippen LogP contribution in [-0.4, -0.2) is 19.1 Å². The molecule has 0 atom stereocenters. The molecular weight excluding hydrogens is 271 g/mol. The number of hydrogen-bond acceptors (Lipinski definition) is 3. The molecule has 1 aliphatic heterocycles. The number of ether oxygens (including phenoxy) is 1. The smallest absolute Gasteiger partial charge is 0.416 e. The van der Waals surface area contributed by atoms with Crippen LogP contribution in [0.25, 0.3) is 0 Å². The van der Waals surface area contributed by atoms with Gasteiger partial charge in [-0.3, -0.25) is 4.79 Å². The van der Waals surface area contributed by atoms with Crippen LogP contribution in [-0.2, 0) is 11.0 Å². The van der Waals surface area contributed by atoms with Gasteiger partial charge in [-0.1, -0.05) is 12.1 Å². The topological polar surface area (TPSA) is 38.3 Å². The highest BCUT2D eigenvalue weighted by molar-refractivity contribution is 5.75. The van der Waals surface area contributed by atoms with Crippen LogP contribution in [0.5, 0.6) is 5.75 Å². The van der Waals surface area contributed by atoms with E-state index in [0.717, 1.165) is 30.7 Å². The molecule has 0 fully saturated rings. The number of benzene rings is 1. The van der Waals surface area contributed by atoms with E-state index in [0.29, 0.717) is 6.54 Å². The minimum absolute atomic E-state index is 0.0866. The number of carbonyl (C=O) groups is 1. The molecule has 0 saturated carbocycles. The Kier molecular flexibility index (Phi) is 4.44. The predicted octanol–water partition coefficient (Wildman–Crippen LogP) is 2.92. The van der Waals surface area contributed by atoms with Gasteiger partial charge in [0.05, 0.1) is 12.0 Å². The maximum absolute atomic E-state index is 12.5. The average molecular weight is 285 g/mol. The van der Waals surface area contributed by atoms with Gasteiger partial charge in [0.25, 0.3) is 0 Å². The summed E-state index contributed by atoms with van der Waals surface area (Å²) in [4.78, 5) is 11.7. The lowest BCUT2D eigenvalue weighted by molar-refractivity contribution is -0.138. The Morgan fingerprint density at radius 2 is 2.15 bits per heavy atom. The largest absolute Gasteiger partial charge is 0.426 e. The van der Waals surface area contributed by atoms with Gasteiger partial charge in [-0.15, -0.1) is 0 Å². The Bertz CT molecular complexity index is 523. The normalized spacial score (nSPS) is 15.7. The van der Waals surface area contributed by atoms with Crippen LogP contribution in [0.3, 0.4) is 0 Å². The lowest BCUT2D eigenvalue weighted by Gasteiger charge is -2.14. The van der Waals surface area contributed by atoms with Crippen LogP contribution in [0.4, 0.5) is 13.2 Å². The van der Waals surface area contributed by atoms with Crippen LogP contribution in [0.1, 0.15) is 18.4 Å². The zero-order valence-corrected chi connectivity index (χ0v) is 10.7. The van der Waals surface area contributed by atoms with Gasteiger partial charge in [-0.05, 0) is 36.7 Å². The number of carbonyl (C=O) groups excluding carboxylic acids is 1. The molecule has 1 aromatic rings. The Morgan fingerprint density at radius 1 is 1.35 bits per heavy atom. The number of esters is 1. The molecule has 0 radical (unpaired) electrons. The van der Waals surface area contributed by atoms with Crippen LogP contribution in [0.15, 0.2) is 35.9 Å². The monoisotopic (exact) mass is 285 g/mol. The van der Waals surface area contributed by atoms with Gasteiger partial charge in [0.1, 0.15) is 5.75 Å². The summed E-state index contributed by atoms with van der Waals surface area (Å²) < 4.78 is 42.5. The first-order valence-corrected chi connectivity index (χ1v) is 6.22. The van der Waals surface area contributed by atoms with E-state index in [9.17, 15) is 18.0 Å². The highest BCUT2D eigenvalue weighted by Gasteiger charge is 2.30. The van der Waals surface area contributed by atoms with Gasteiger partial charge in [-0.25, -0.2) is 0 Å². The minimum atomic E-state index is -4.45. The summed E-state index contributed by atoms with van der Waals surface area (Å²) in [5, 5.41) is 3.11. The molecule has 1 aromatic carbocycles. The van der Waals surface area contributed by atoms with Crippen molar-refractivity contribution in [2.45, 2.75) is 19.0 Å². The van der Waals surface area contributed by atoms with Crippen molar-refractivity contribution < 1.29 is 22.7 Å². The summed E-state index contributed by atoms with van der Waals surface area (Å²) in [6, 6.07) is 4.31. The summed E-state index contributed by atoms with van der Waals surface area (Å²) in [5.41, 5.74) is 0.0644. The zero-order chi connectivity index (χ0) is 14.6. The van der Waals surface area contributed by atoms with Gasteiger partial charge < -0.3 is 10.1 Å². The molecule has 108 valence electrons. The second-order valence-corrected chi connectivity index (χ2v) is 4.50. The third-order valence-corrected chi connectivity index (χ3v) is 2.87. The number of nitrogens with one attached hydrogen (secondary N) is 1. The quantitative estimate of drug-likeness (QED) is 0.527. The summed E-state index contributed by atoms with van der Waals surface area (Å²) in [5.74, 6) is -0.645. The SMILES string of the molecule is O=C(CC1=CCCNC1)Oc1cccc(C(F)(F)F)c1. The van der Waals surface area contributed by atoms with Gasteiger partial charge in [0, 0.05) is 6.54 Å². The molecule has 0 saturated heterocycles. The molecule has 20 heavy (non-hydrogen) atoms. The molecule has 0 aromatic heterocycles. The Labute approximate surface area is 114 Å². The van der Waals surface area contributed by atoms with E-state index in [1.165, 1.54) is 12.1 Å². The fourth-order valence-corrected chi connectivity index (χ4v) is 1.92. The van der Waals surface area contributed by atoms with Gasteiger partial charge in [-0.2, -0.15) is 13.2 Å². The fourth-order valence-electron chi connectivity index (χ4n) is 1.92. The van der Waals surface area contributed by atoms with Crippen LogP contribution < -0.4 is 10.1 Å². The molecule has 2 rings (SSSR count). The molecule has 3 nitrogen and oxygen atoms in total. The molecule has 0 spiro atoms. The van der Waals surface area contributed by atoms with Crippen molar-refractivity contribution in [2.24, 2.45) is 0 Å². The van der Waals surface area contributed by atoms with Gasteiger partial charge in [0.15, 0.2) is 0 Å². The second-order valence-electron chi connectivity index (χ2n) is 4.50. The first kappa shape index (κ1) is 14.6. The van der Waals surface area contributed by atoms with Crippen molar-refractivity contribution in [3.05, 3.63) is 41.5 Å². The molecule has 1 N–H and O–H groups in total. The highest BCUT2D eigenvalue weighted by atomic mass is 19.4. The third kappa shape index (κ3) is 4.09. The van der Waals surface area contributed by atoms with E-state index in [1.54, 1.807) is 0 Å². The van der Waals surface area contributed by atoms with Crippen LogP contribution in [0, 0.1) is 0 Å². The number of hydrogen-bond donors (Lipinski definition) is 1. The van der Waals surface area contributed by atoms with E-state index in [4.69, 9.17) is 4.74 Å². The van der Waals surface area contributed by atoms with E-state index < -0.39 is 17.7 Å². The number of alkyl halides is 3. The number of halogens is 3. The van der Waals surface area contributed by atoms with E-state index in [2.05, 4.69) is 5.32 Å². The van der Waals surface area contributed by atoms with Crippen LogP contribution in [0.2, 0.25) is 0 Å². The van der Waals surface area contributed by atoms with Crippen molar-refractivity contribution >= 4 is 5.97 Å². The standard InChI is InChI=1S/C14H14F3NO2/c15-14(16,17)11-4-1-5-12(8-11)20-13(19)7-10-3-2-6-18-9-10/h1,3-5,8,18H,2,6-7,9H2. The predicted molar refractivity (Wildman–Crippen MR) is 67.3 cm³/mol. The minimum Gasteiger partial charge on any atom is -0.426 e. The second kappa shape index (κ2) is 6.09. The van der Waals surface area contributed by atoms with Crippen molar-refractivity contribution in [2.75, 3.05) is 13.1 Å². The molecule has 6 heteroatoms.